The van der Waals surface area contributed by atoms with Gasteiger partial charge in [-0.3, -0.25) is 0 Å². The number of aromatic nitrogens is 2. The van der Waals surface area contributed by atoms with Crippen molar-refractivity contribution in [1.82, 2.24) is 9.97 Å². The number of hydrogen-bond acceptors (Lipinski definition) is 2. The Balaban J connectivity index is 2.65. The predicted octanol–water partition coefficient (Wildman–Crippen LogP) is 3.86. The SMILES string of the molecule is Cc1nc(C#N)c(-c2cc(C(C)(C)C)ccc2C)[nH]1. The van der Waals surface area contributed by atoms with Crippen LogP contribution in [0.25, 0.3) is 11.3 Å². The molecule has 1 N–H and O–H groups in total. The summed E-state index contributed by atoms with van der Waals surface area (Å²) >= 11 is 0. The Morgan fingerprint density at radius 1 is 1.21 bits per heavy atom. The number of hydrogen-bond donors (Lipinski definition) is 1. The smallest absolute Gasteiger partial charge is 0.166 e. The van der Waals surface area contributed by atoms with Gasteiger partial charge in [0.1, 0.15) is 11.9 Å². The van der Waals surface area contributed by atoms with E-state index < -0.39 is 0 Å². The lowest BCUT2D eigenvalue weighted by Gasteiger charge is -2.20. The molecule has 1 aromatic carbocycles. The van der Waals surface area contributed by atoms with Gasteiger partial charge < -0.3 is 4.98 Å². The molecule has 3 heteroatoms. The van der Waals surface area contributed by atoms with Crippen molar-refractivity contribution in [2.24, 2.45) is 0 Å². The molecule has 0 radical (unpaired) electrons. The second kappa shape index (κ2) is 4.55. The molecule has 2 aromatic rings. The number of imidazole rings is 1. The maximum absolute atomic E-state index is 9.18. The van der Waals surface area contributed by atoms with Crippen molar-refractivity contribution < 1.29 is 0 Å². The molecule has 0 spiro atoms. The number of aromatic amines is 1. The van der Waals surface area contributed by atoms with Gasteiger partial charge in [0.15, 0.2) is 5.69 Å². The molecule has 0 aliphatic rings. The van der Waals surface area contributed by atoms with E-state index in [0.29, 0.717) is 5.69 Å². The standard InChI is InChI=1S/C16H19N3/c1-10-6-7-12(16(3,4)5)8-13(10)15-14(9-17)18-11(2)19-15/h6-8H,1-5H3,(H,18,19). The van der Waals surface area contributed by atoms with Crippen LogP contribution in [0.4, 0.5) is 0 Å². The molecule has 0 unspecified atom stereocenters. The number of nitriles is 1. The lowest BCUT2D eigenvalue weighted by molar-refractivity contribution is 0.590. The lowest BCUT2D eigenvalue weighted by Crippen LogP contribution is -2.11. The number of nitrogens with zero attached hydrogens (tertiary/aromatic N) is 2. The number of benzene rings is 1. The van der Waals surface area contributed by atoms with Crippen molar-refractivity contribution in [2.75, 3.05) is 0 Å². The van der Waals surface area contributed by atoms with Crippen LogP contribution in [0.15, 0.2) is 18.2 Å². The van der Waals surface area contributed by atoms with Crippen LogP contribution in [0.5, 0.6) is 0 Å². The summed E-state index contributed by atoms with van der Waals surface area (Å²) in [4.78, 5) is 7.42. The number of nitrogens with one attached hydrogen (secondary N) is 1. The first kappa shape index (κ1) is 13.4. The van der Waals surface area contributed by atoms with E-state index in [9.17, 15) is 5.26 Å². The first-order valence-corrected chi connectivity index (χ1v) is 6.41. The third kappa shape index (κ3) is 2.53. The van der Waals surface area contributed by atoms with Crippen molar-refractivity contribution in [2.45, 2.75) is 40.0 Å². The third-order valence-electron chi connectivity index (χ3n) is 3.30. The molecule has 0 aliphatic carbocycles. The van der Waals surface area contributed by atoms with Crippen molar-refractivity contribution in [1.29, 1.82) is 5.26 Å². The molecule has 19 heavy (non-hydrogen) atoms. The first-order chi connectivity index (χ1) is 8.82. The van der Waals surface area contributed by atoms with E-state index in [1.54, 1.807) is 0 Å². The summed E-state index contributed by atoms with van der Waals surface area (Å²) in [7, 11) is 0. The first-order valence-electron chi connectivity index (χ1n) is 6.41. The maximum atomic E-state index is 9.18. The van der Waals surface area contributed by atoms with Crippen LogP contribution in [0.1, 0.15) is 43.4 Å². The predicted molar refractivity (Wildman–Crippen MR) is 76.9 cm³/mol. The Labute approximate surface area is 114 Å². The molecule has 0 saturated heterocycles. The number of aryl methyl sites for hydroxylation is 2. The summed E-state index contributed by atoms with van der Waals surface area (Å²) in [6.07, 6.45) is 0. The fourth-order valence-corrected chi connectivity index (χ4v) is 2.13. The maximum Gasteiger partial charge on any atom is 0.166 e. The van der Waals surface area contributed by atoms with E-state index in [-0.39, 0.29) is 5.41 Å². The van der Waals surface area contributed by atoms with Gasteiger partial charge in [0.05, 0.1) is 5.69 Å². The average Bonchev–Trinajstić information content (AvgIpc) is 2.69. The van der Waals surface area contributed by atoms with Gasteiger partial charge in [-0.15, -0.1) is 0 Å². The molecule has 0 bridgehead atoms. The fraction of sp³-hybridized carbons (Fsp3) is 0.375. The second-order valence-electron chi connectivity index (χ2n) is 5.94. The van der Waals surface area contributed by atoms with Crippen LogP contribution < -0.4 is 0 Å². The number of H-pyrrole nitrogens is 1. The Morgan fingerprint density at radius 3 is 2.47 bits per heavy atom. The van der Waals surface area contributed by atoms with E-state index in [0.717, 1.165) is 22.6 Å². The van der Waals surface area contributed by atoms with Crippen LogP contribution in [0, 0.1) is 25.2 Å². The highest BCUT2D eigenvalue weighted by Gasteiger charge is 2.18. The molecule has 98 valence electrons. The number of rotatable bonds is 1. The summed E-state index contributed by atoms with van der Waals surface area (Å²) in [5.41, 5.74) is 4.84. The minimum atomic E-state index is 0.0876. The average molecular weight is 253 g/mol. The van der Waals surface area contributed by atoms with Gasteiger partial charge >= 0.3 is 0 Å². The highest BCUT2D eigenvalue weighted by atomic mass is 14.9. The van der Waals surface area contributed by atoms with Crippen molar-refractivity contribution >= 4 is 0 Å². The molecule has 0 fully saturated rings. The minimum Gasteiger partial charge on any atom is -0.341 e. The largest absolute Gasteiger partial charge is 0.341 e. The normalized spacial score (nSPS) is 11.4. The van der Waals surface area contributed by atoms with E-state index in [2.05, 4.69) is 61.9 Å². The van der Waals surface area contributed by atoms with Gasteiger partial charge in [-0.1, -0.05) is 32.9 Å². The summed E-state index contributed by atoms with van der Waals surface area (Å²) < 4.78 is 0. The van der Waals surface area contributed by atoms with Crippen LogP contribution in [0.3, 0.4) is 0 Å². The summed E-state index contributed by atoms with van der Waals surface area (Å²) in [6, 6.07) is 8.57. The van der Waals surface area contributed by atoms with E-state index in [1.807, 2.05) is 6.92 Å². The Bertz CT molecular complexity index is 652. The van der Waals surface area contributed by atoms with Gasteiger partial charge in [-0.25, -0.2) is 4.98 Å². The van der Waals surface area contributed by atoms with Crippen LogP contribution >= 0.6 is 0 Å². The van der Waals surface area contributed by atoms with Gasteiger partial charge in [0.25, 0.3) is 0 Å². The second-order valence-corrected chi connectivity index (χ2v) is 5.94. The quantitative estimate of drug-likeness (QED) is 0.839. The molecular weight excluding hydrogens is 234 g/mol. The van der Waals surface area contributed by atoms with Crippen molar-refractivity contribution in [3.8, 4) is 17.3 Å². The topological polar surface area (TPSA) is 52.5 Å². The van der Waals surface area contributed by atoms with Crippen LogP contribution in [-0.4, -0.2) is 9.97 Å². The zero-order valence-electron chi connectivity index (χ0n) is 12.1. The van der Waals surface area contributed by atoms with E-state index >= 15 is 0 Å². The molecule has 1 aromatic heterocycles. The van der Waals surface area contributed by atoms with Crippen molar-refractivity contribution in [3.63, 3.8) is 0 Å². The summed E-state index contributed by atoms with van der Waals surface area (Å²) in [6.45, 7) is 10.5. The van der Waals surface area contributed by atoms with Gasteiger partial charge in [0, 0.05) is 5.56 Å². The van der Waals surface area contributed by atoms with Gasteiger partial charge in [0.2, 0.25) is 0 Å². The molecule has 3 nitrogen and oxygen atoms in total. The molecule has 1 heterocycles. The monoisotopic (exact) mass is 253 g/mol. The van der Waals surface area contributed by atoms with Crippen LogP contribution in [0.2, 0.25) is 0 Å². The minimum absolute atomic E-state index is 0.0876. The molecule has 0 aliphatic heterocycles. The third-order valence-corrected chi connectivity index (χ3v) is 3.30. The molecular formula is C16H19N3. The summed E-state index contributed by atoms with van der Waals surface area (Å²) in [5, 5.41) is 9.18. The summed E-state index contributed by atoms with van der Waals surface area (Å²) in [5.74, 6) is 0.770. The van der Waals surface area contributed by atoms with Gasteiger partial charge in [-0.05, 0) is 36.5 Å². The molecule has 2 rings (SSSR count). The Hall–Kier alpha value is -2.08. The highest BCUT2D eigenvalue weighted by molar-refractivity contribution is 5.69. The molecule has 0 atom stereocenters. The van der Waals surface area contributed by atoms with Crippen LogP contribution in [-0.2, 0) is 5.41 Å². The highest BCUT2D eigenvalue weighted by Crippen LogP contribution is 2.30. The fourth-order valence-electron chi connectivity index (χ4n) is 2.13. The lowest BCUT2D eigenvalue weighted by atomic mass is 9.85. The Kier molecular flexibility index (Phi) is 3.20. The van der Waals surface area contributed by atoms with Gasteiger partial charge in [-0.2, -0.15) is 5.26 Å². The zero-order valence-corrected chi connectivity index (χ0v) is 12.1. The van der Waals surface area contributed by atoms with E-state index in [4.69, 9.17) is 0 Å². The van der Waals surface area contributed by atoms with E-state index in [1.165, 1.54) is 5.56 Å². The van der Waals surface area contributed by atoms with Crippen molar-refractivity contribution in [3.05, 3.63) is 40.8 Å². The molecule has 0 saturated carbocycles. The molecule has 0 amide bonds. The Morgan fingerprint density at radius 2 is 1.89 bits per heavy atom. The zero-order chi connectivity index (χ0) is 14.2.